The van der Waals surface area contributed by atoms with Crippen molar-refractivity contribution in [3.8, 4) is 0 Å². The van der Waals surface area contributed by atoms with Crippen molar-refractivity contribution < 1.29 is 9.53 Å². The smallest absolute Gasteiger partial charge is 0.306 e. The highest BCUT2D eigenvalue weighted by atomic mass is 32.2. The van der Waals surface area contributed by atoms with Crippen LogP contribution in [0.15, 0.2) is 0 Å². The van der Waals surface area contributed by atoms with Crippen LogP contribution in [0, 0.1) is 6.26 Å². The molecular weight excluding hydrogens is 124 g/mol. The third-order valence-electron chi connectivity index (χ3n) is 0.678. The molecule has 3 heteroatoms. The Morgan fingerprint density at radius 2 is 2.50 bits per heavy atom. The minimum Gasteiger partial charge on any atom is -0.469 e. The molecule has 0 aliphatic rings. The Kier molecular flexibility index (Phi) is 4.85. The monoisotopic (exact) mass is 133 g/mol. The van der Waals surface area contributed by atoms with E-state index in [-0.39, 0.29) is 5.97 Å². The van der Waals surface area contributed by atoms with Crippen LogP contribution in [0.5, 0.6) is 0 Å². The van der Waals surface area contributed by atoms with Gasteiger partial charge < -0.3 is 4.74 Å². The minimum absolute atomic E-state index is 0.166. The molecule has 0 aromatic carbocycles. The number of methoxy groups -OCH3 is 1. The zero-order valence-corrected chi connectivity index (χ0v) is 5.66. The van der Waals surface area contributed by atoms with Crippen molar-refractivity contribution >= 4 is 17.7 Å². The molecule has 0 rings (SSSR count). The van der Waals surface area contributed by atoms with Crippen LogP contribution in [0.3, 0.4) is 0 Å². The van der Waals surface area contributed by atoms with Crippen molar-refractivity contribution in [2.45, 2.75) is 6.42 Å². The highest BCUT2D eigenvalue weighted by molar-refractivity contribution is 8.00. The molecule has 0 unspecified atom stereocenters. The molecule has 0 aliphatic heterocycles. The van der Waals surface area contributed by atoms with E-state index in [0.717, 1.165) is 5.75 Å². The van der Waals surface area contributed by atoms with Crippen LogP contribution in [0.2, 0.25) is 0 Å². The molecule has 0 N–H and O–H groups in total. The molecule has 0 spiro atoms. The van der Waals surface area contributed by atoms with Crippen LogP contribution in [0.25, 0.3) is 0 Å². The van der Waals surface area contributed by atoms with Gasteiger partial charge in [-0.05, 0) is 0 Å². The molecule has 2 nitrogen and oxygen atoms in total. The van der Waals surface area contributed by atoms with Crippen molar-refractivity contribution in [2.24, 2.45) is 0 Å². The second-order valence-electron chi connectivity index (χ2n) is 1.23. The number of hydrogen-bond acceptors (Lipinski definition) is 3. The molecule has 8 heavy (non-hydrogen) atoms. The number of ether oxygens (including phenoxy) is 1. The average molecular weight is 133 g/mol. The second-order valence-corrected chi connectivity index (χ2v) is 2.05. The summed E-state index contributed by atoms with van der Waals surface area (Å²) in [6.45, 7) is 0. The van der Waals surface area contributed by atoms with Gasteiger partial charge in [-0.15, -0.1) is 0 Å². The summed E-state index contributed by atoms with van der Waals surface area (Å²) in [5.74, 6) is 0.577. The molecule has 0 bridgehead atoms. The molecule has 1 radical (unpaired) electrons. The molecule has 0 aliphatic carbocycles. The molecule has 47 valence electrons. The maximum absolute atomic E-state index is 10.3. The summed E-state index contributed by atoms with van der Waals surface area (Å²) < 4.78 is 4.37. The maximum Gasteiger partial charge on any atom is 0.306 e. The Labute approximate surface area is 53.6 Å². The number of esters is 1. The van der Waals surface area contributed by atoms with Gasteiger partial charge >= 0.3 is 5.97 Å². The fourth-order valence-corrected chi connectivity index (χ4v) is 0.569. The first-order valence-corrected chi connectivity index (χ1v) is 3.40. The topological polar surface area (TPSA) is 26.3 Å². The molecule has 0 aromatic heterocycles. The first-order valence-electron chi connectivity index (χ1n) is 2.25. The van der Waals surface area contributed by atoms with Gasteiger partial charge in [0, 0.05) is 12.0 Å². The van der Waals surface area contributed by atoms with Gasteiger partial charge in [0.1, 0.15) is 0 Å². The van der Waals surface area contributed by atoms with Crippen LogP contribution in [-0.2, 0) is 9.53 Å². The normalized spacial score (nSPS) is 8.75. The third kappa shape index (κ3) is 3.99. The Balaban J connectivity index is 2.99. The Bertz CT molecular complexity index is 72.8. The largest absolute Gasteiger partial charge is 0.469 e. The summed E-state index contributed by atoms with van der Waals surface area (Å²) in [4.78, 5) is 10.3. The lowest BCUT2D eigenvalue weighted by atomic mass is 10.5. The fraction of sp³-hybridized carbons (Fsp3) is 0.600. The molecular formula is C5H9O2S. The van der Waals surface area contributed by atoms with Gasteiger partial charge in [-0.25, -0.2) is 0 Å². The molecule has 0 atom stereocenters. The predicted molar refractivity (Wildman–Crippen MR) is 34.4 cm³/mol. The quantitative estimate of drug-likeness (QED) is 0.539. The molecule has 0 saturated heterocycles. The van der Waals surface area contributed by atoms with Gasteiger partial charge in [0.25, 0.3) is 0 Å². The van der Waals surface area contributed by atoms with Gasteiger partial charge in [-0.3, -0.25) is 4.79 Å². The van der Waals surface area contributed by atoms with E-state index < -0.39 is 0 Å². The summed E-state index contributed by atoms with van der Waals surface area (Å²) in [5.41, 5.74) is 0. The maximum atomic E-state index is 10.3. The lowest BCUT2D eigenvalue weighted by Crippen LogP contribution is -2.00. The number of carbonyl (C=O) groups excluding carboxylic acids is 1. The minimum atomic E-state index is -0.166. The number of hydrogen-bond donors (Lipinski definition) is 0. The lowest BCUT2D eigenvalue weighted by Gasteiger charge is -1.93. The summed E-state index contributed by atoms with van der Waals surface area (Å²) in [5, 5.41) is 0. The van der Waals surface area contributed by atoms with Gasteiger partial charge in [-0.2, -0.15) is 11.8 Å². The van der Waals surface area contributed by atoms with Crippen LogP contribution >= 0.6 is 11.8 Å². The number of carbonyl (C=O) groups is 1. The van der Waals surface area contributed by atoms with Gasteiger partial charge in [0.05, 0.1) is 13.5 Å². The zero-order chi connectivity index (χ0) is 6.41. The Morgan fingerprint density at radius 1 is 1.88 bits per heavy atom. The first-order chi connectivity index (χ1) is 3.81. The van der Waals surface area contributed by atoms with Crippen LogP contribution < -0.4 is 0 Å². The second kappa shape index (κ2) is 4.97. The lowest BCUT2D eigenvalue weighted by molar-refractivity contribution is -0.140. The summed E-state index contributed by atoms with van der Waals surface area (Å²) in [7, 11) is 1.39. The van der Waals surface area contributed by atoms with Crippen molar-refractivity contribution in [1.29, 1.82) is 0 Å². The van der Waals surface area contributed by atoms with E-state index >= 15 is 0 Å². The van der Waals surface area contributed by atoms with E-state index in [9.17, 15) is 4.79 Å². The molecule has 0 amide bonds. The van der Waals surface area contributed by atoms with Gasteiger partial charge in [0.15, 0.2) is 0 Å². The van der Waals surface area contributed by atoms with Crippen molar-refractivity contribution in [1.82, 2.24) is 0 Å². The predicted octanol–water partition coefficient (Wildman–Crippen LogP) is 1.07. The highest BCUT2D eigenvalue weighted by Crippen LogP contribution is 1.97. The zero-order valence-electron chi connectivity index (χ0n) is 4.85. The van der Waals surface area contributed by atoms with E-state index in [1.54, 1.807) is 0 Å². The first kappa shape index (κ1) is 7.82. The SMILES string of the molecule is [CH2]SCCC(=O)OC. The van der Waals surface area contributed by atoms with E-state index in [1.807, 2.05) is 0 Å². The van der Waals surface area contributed by atoms with E-state index in [4.69, 9.17) is 0 Å². The summed E-state index contributed by atoms with van der Waals surface area (Å²) >= 11 is 1.39. The van der Waals surface area contributed by atoms with Crippen LogP contribution in [0.4, 0.5) is 0 Å². The standard InChI is InChI=1S/C5H9O2S/c1-7-5(6)3-4-8-2/h2-4H2,1H3. The van der Waals surface area contributed by atoms with E-state index in [1.165, 1.54) is 18.9 Å². The molecule has 0 aromatic rings. The fourth-order valence-electron chi connectivity index (χ4n) is 0.258. The highest BCUT2D eigenvalue weighted by Gasteiger charge is 1.95. The third-order valence-corrected chi connectivity index (χ3v) is 1.17. The van der Waals surface area contributed by atoms with E-state index in [2.05, 4.69) is 11.0 Å². The van der Waals surface area contributed by atoms with E-state index in [0.29, 0.717) is 6.42 Å². The van der Waals surface area contributed by atoms with Crippen LogP contribution in [-0.4, -0.2) is 18.8 Å². The van der Waals surface area contributed by atoms with Gasteiger partial charge in [-0.1, -0.05) is 0 Å². The van der Waals surface area contributed by atoms with Crippen molar-refractivity contribution in [2.75, 3.05) is 12.9 Å². The molecule has 0 saturated carbocycles. The summed E-state index contributed by atoms with van der Waals surface area (Å²) in [6, 6.07) is 0. The number of rotatable bonds is 3. The van der Waals surface area contributed by atoms with Crippen molar-refractivity contribution in [3.63, 3.8) is 0 Å². The summed E-state index contributed by atoms with van der Waals surface area (Å²) in [6.07, 6.45) is 3.96. The van der Waals surface area contributed by atoms with Crippen molar-refractivity contribution in [3.05, 3.63) is 6.26 Å². The molecule has 0 heterocycles. The van der Waals surface area contributed by atoms with Gasteiger partial charge in [0.2, 0.25) is 0 Å². The molecule has 0 fully saturated rings. The van der Waals surface area contributed by atoms with Crippen LogP contribution in [0.1, 0.15) is 6.42 Å². The number of thioether (sulfide) groups is 1. The Hall–Kier alpha value is -0.180. The Morgan fingerprint density at radius 3 is 2.88 bits per heavy atom. The average Bonchev–Trinajstić information content (AvgIpc) is 1.83.